The van der Waals surface area contributed by atoms with Crippen LogP contribution < -0.4 is 15.4 Å². The maximum atomic E-state index is 14.6. The molecule has 2 aromatic carbocycles. The molecule has 3 N–H and O–H groups in total. The lowest BCUT2D eigenvalue weighted by atomic mass is 10.1. The van der Waals surface area contributed by atoms with Crippen LogP contribution in [0.15, 0.2) is 36.5 Å². The van der Waals surface area contributed by atoms with Crippen molar-refractivity contribution in [1.82, 2.24) is 29.6 Å². The molecule has 3 aromatic rings. The summed E-state index contributed by atoms with van der Waals surface area (Å²) < 4.78 is 35.0. The Morgan fingerprint density at radius 3 is 2.38 bits per heavy atom. The number of urea groups is 1. The second kappa shape index (κ2) is 14.2. The minimum Gasteiger partial charge on any atom is -0.494 e. The SMILES string of the molecule is COc1ccc(-c2cnc(C(=O)Nc3ccc(C(=O)N4CCN(C(=O)NC(C)C(O)CN(C)C)CC4)c(Cl)c3)n2C)c(F)c1F. The number of anilines is 1. The number of rotatable bonds is 9. The van der Waals surface area contributed by atoms with Gasteiger partial charge in [-0.2, -0.15) is 4.39 Å². The number of amides is 4. The molecule has 1 aromatic heterocycles. The highest BCUT2D eigenvalue weighted by molar-refractivity contribution is 6.34. The van der Waals surface area contributed by atoms with Crippen LogP contribution in [0.3, 0.4) is 0 Å². The van der Waals surface area contributed by atoms with Gasteiger partial charge >= 0.3 is 6.03 Å². The molecule has 2 atom stereocenters. The van der Waals surface area contributed by atoms with E-state index in [0.29, 0.717) is 25.3 Å². The summed E-state index contributed by atoms with van der Waals surface area (Å²) in [7, 11) is 6.39. The van der Waals surface area contributed by atoms with Gasteiger partial charge in [-0.15, -0.1) is 0 Å². The monoisotopic (exact) mass is 647 g/mol. The number of halogens is 3. The number of aromatic nitrogens is 2. The Kier molecular flexibility index (Phi) is 10.6. The highest BCUT2D eigenvalue weighted by Crippen LogP contribution is 2.30. The second-order valence-corrected chi connectivity index (χ2v) is 11.4. The fourth-order valence-electron chi connectivity index (χ4n) is 4.91. The smallest absolute Gasteiger partial charge is 0.317 e. The summed E-state index contributed by atoms with van der Waals surface area (Å²) in [6, 6.07) is 6.29. The summed E-state index contributed by atoms with van der Waals surface area (Å²) in [5.74, 6) is -3.56. The Labute approximate surface area is 264 Å². The molecule has 1 aliphatic heterocycles. The van der Waals surface area contributed by atoms with E-state index >= 15 is 0 Å². The topological polar surface area (TPSA) is 132 Å². The third-order valence-corrected chi connectivity index (χ3v) is 7.84. The molecule has 0 aliphatic carbocycles. The molecule has 45 heavy (non-hydrogen) atoms. The van der Waals surface area contributed by atoms with E-state index in [1.54, 1.807) is 16.7 Å². The summed E-state index contributed by atoms with van der Waals surface area (Å²) in [5, 5.41) is 15.8. The van der Waals surface area contributed by atoms with E-state index in [0.717, 1.165) is 0 Å². The Morgan fingerprint density at radius 2 is 1.76 bits per heavy atom. The highest BCUT2D eigenvalue weighted by Gasteiger charge is 2.28. The fourth-order valence-corrected chi connectivity index (χ4v) is 5.17. The first-order valence-corrected chi connectivity index (χ1v) is 14.5. The highest BCUT2D eigenvalue weighted by atomic mass is 35.5. The molecule has 1 fully saturated rings. The minimum absolute atomic E-state index is 0.0691. The van der Waals surface area contributed by atoms with Crippen molar-refractivity contribution in [3.8, 4) is 17.0 Å². The van der Waals surface area contributed by atoms with Gasteiger partial charge in [0.25, 0.3) is 11.8 Å². The minimum atomic E-state index is -1.15. The Balaban J connectivity index is 1.36. The number of hydrogen-bond acceptors (Lipinski definition) is 7. The van der Waals surface area contributed by atoms with Crippen LogP contribution in [-0.4, -0.2) is 113 Å². The van der Waals surface area contributed by atoms with Gasteiger partial charge in [0.1, 0.15) is 0 Å². The molecule has 0 spiro atoms. The number of imidazole rings is 1. The molecule has 0 radical (unpaired) electrons. The van der Waals surface area contributed by atoms with E-state index in [1.165, 1.54) is 55.3 Å². The third-order valence-electron chi connectivity index (χ3n) is 7.53. The molecular weight excluding hydrogens is 612 g/mol. The molecule has 15 heteroatoms. The van der Waals surface area contributed by atoms with Crippen LogP contribution in [0.2, 0.25) is 5.02 Å². The summed E-state index contributed by atoms with van der Waals surface area (Å²) in [5.41, 5.74) is 0.597. The number of methoxy groups -OCH3 is 1. The Bertz CT molecular complexity index is 1580. The number of likely N-dealkylation sites (N-methyl/N-ethyl adjacent to an activating group) is 1. The second-order valence-electron chi connectivity index (χ2n) is 11.0. The number of nitrogens with one attached hydrogen (secondary N) is 2. The molecule has 1 aliphatic rings. The molecule has 0 bridgehead atoms. The number of piperazine rings is 1. The number of ether oxygens (including phenoxy) is 1. The van der Waals surface area contributed by atoms with Crippen molar-refractivity contribution in [2.24, 2.45) is 7.05 Å². The Hall–Kier alpha value is -4.27. The molecule has 2 heterocycles. The van der Waals surface area contributed by atoms with Crippen molar-refractivity contribution in [2.45, 2.75) is 19.1 Å². The maximum Gasteiger partial charge on any atom is 0.317 e. The van der Waals surface area contributed by atoms with Crippen molar-refractivity contribution in [3.63, 3.8) is 0 Å². The van der Waals surface area contributed by atoms with Crippen LogP contribution in [0.5, 0.6) is 5.75 Å². The quantitative estimate of drug-likeness (QED) is 0.325. The van der Waals surface area contributed by atoms with Crippen molar-refractivity contribution < 1.29 is 33.0 Å². The lowest BCUT2D eigenvalue weighted by Crippen LogP contribution is -2.56. The van der Waals surface area contributed by atoms with Crippen LogP contribution in [0.25, 0.3) is 11.3 Å². The predicted molar refractivity (Wildman–Crippen MR) is 165 cm³/mol. The van der Waals surface area contributed by atoms with Gasteiger partial charge in [0.05, 0.1) is 41.7 Å². The normalized spacial score (nSPS) is 14.7. The number of carbonyl (C=O) groups excluding carboxylic acids is 3. The number of benzene rings is 2. The van der Waals surface area contributed by atoms with Gasteiger partial charge in [-0.1, -0.05) is 11.6 Å². The molecule has 4 rings (SSSR count). The van der Waals surface area contributed by atoms with Crippen molar-refractivity contribution in [1.29, 1.82) is 0 Å². The van der Waals surface area contributed by atoms with Gasteiger partial charge in [-0.05, 0) is 51.4 Å². The van der Waals surface area contributed by atoms with Gasteiger partial charge in [0.2, 0.25) is 5.82 Å². The first-order chi connectivity index (χ1) is 21.3. The standard InChI is InChI=1S/C30H36ClF2N7O5/c1-17(23(41)16-37(2)3)35-30(44)40-12-10-39(11-13-40)29(43)19-7-6-18(14-21(19)31)36-28(42)27-34-15-22(38(27)4)20-8-9-24(45-5)26(33)25(20)32/h6-9,14-15,17,23,41H,10-13,16H2,1-5H3,(H,35,44)(H,36,42). The van der Waals surface area contributed by atoms with Crippen molar-refractivity contribution in [2.75, 3.05) is 59.2 Å². The first kappa shape index (κ1) is 33.6. The predicted octanol–water partition coefficient (Wildman–Crippen LogP) is 3.06. The number of aliphatic hydroxyl groups is 1. The van der Waals surface area contributed by atoms with E-state index in [9.17, 15) is 28.3 Å². The van der Waals surface area contributed by atoms with Gasteiger partial charge in [0.15, 0.2) is 17.4 Å². The fraction of sp³-hybridized carbons (Fsp3) is 0.400. The molecule has 4 amide bonds. The van der Waals surface area contributed by atoms with E-state index in [1.807, 2.05) is 19.0 Å². The molecule has 1 saturated heterocycles. The molecule has 2 unspecified atom stereocenters. The van der Waals surface area contributed by atoms with Crippen molar-refractivity contribution >= 4 is 35.1 Å². The van der Waals surface area contributed by atoms with E-state index < -0.39 is 29.7 Å². The summed E-state index contributed by atoms with van der Waals surface area (Å²) >= 11 is 6.44. The Morgan fingerprint density at radius 1 is 1.09 bits per heavy atom. The number of hydrogen-bond donors (Lipinski definition) is 3. The zero-order valence-corrected chi connectivity index (χ0v) is 26.4. The number of aliphatic hydroxyl groups excluding tert-OH is 1. The molecule has 242 valence electrons. The van der Waals surface area contributed by atoms with Crippen LogP contribution in [0.1, 0.15) is 27.9 Å². The summed E-state index contributed by atoms with van der Waals surface area (Å²) in [6.45, 7) is 3.33. The van der Waals surface area contributed by atoms with E-state index in [2.05, 4.69) is 15.6 Å². The van der Waals surface area contributed by atoms with Crippen molar-refractivity contribution in [3.05, 3.63) is 64.6 Å². The molecule has 12 nitrogen and oxygen atoms in total. The largest absolute Gasteiger partial charge is 0.494 e. The van der Waals surface area contributed by atoms with Crippen LogP contribution >= 0.6 is 11.6 Å². The maximum absolute atomic E-state index is 14.6. The van der Waals surface area contributed by atoms with Gasteiger partial charge in [-0.3, -0.25) is 9.59 Å². The average Bonchev–Trinajstić information content (AvgIpc) is 3.38. The average molecular weight is 648 g/mol. The van der Waals surface area contributed by atoms with E-state index in [4.69, 9.17) is 16.3 Å². The lowest BCUT2D eigenvalue weighted by molar-refractivity contribution is 0.0652. The van der Waals surface area contributed by atoms with E-state index in [-0.39, 0.29) is 58.4 Å². The zero-order chi connectivity index (χ0) is 33.0. The van der Waals surface area contributed by atoms with Gasteiger partial charge in [0, 0.05) is 51.0 Å². The van der Waals surface area contributed by atoms with Crippen LogP contribution in [-0.2, 0) is 7.05 Å². The molecular formula is C30H36ClF2N7O5. The zero-order valence-electron chi connectivity index (χ0n) is 25.6. The third kappa shape index (κ3) is 7.52. The van der Waals surface area contributed by atoms with Gasteiger partial charge < -0.3 is 39.7 Å². The van der Waals surface area contributed by atoms with Crippen LogP contribution in [0, 0.1) is 11.6 Å². The lowest BCUT2D eigenvalue weighted by Gasteiger charge is -2.36. The summed E-state index contributed by atoms with van der Waals surface area (Å²) in [4.78, 5) is 48.0. The number of carbonyl (C=O) groups is 3. The van der Waals surface area contributed by atoms with Crippen LogP contribution in [0.4, 0.5) is 19.3 Å². The summed E-state index contributed by atoms with van der Waals surface area (Å²) in [6.07, 6.45) is 0.532. The first-order valence-electron chi connectivity index (χ1n) is 14.1. The molecule has 0 saturated carbocycles. The van der Waals surface area contributed by atoms with Gasteiger partial charge in [-0.25, -0.2) is 14.2 Å². The number of nitrogens with zero attached hydrogens (tertiary/aromatic N) is 5.